The van der Waals surface area contributed by atoms with Crippen molar-refractivity contribution >= 4 is 21.6 Å². The van der Waals surface area contributed by atoms with Crippen molar-refractivity contribution in [1.29, 1.82) is 0 Å². The summed E-state index contributed by atoms with van der Waals surface area (Å²) in [5, 5.41) is 0. The average molecular weight is 383 g/mol. The molecule has 0 atom stereocenters. The van der Waals surface area contributed by atoms with Gasteiger partial charge in [0.2, 0.25) is 0 Å². The number of anilines is 1. The minimum atomic E-state index is -3.75. The van der Waals surface area contributed by atoms with Crippen LogP contribution in [0.4, 0.5) is 5.69 Å². The fraction of sp³-hybridized carbons (Fsp3) is 0.158. The second-order valence-electron chi connectivity index (χ2n) is 6.20. The summed E-state index contributed by atoms with van der Waals surface area (Å²) >= 11 is 0. The second kappa shape index (κ2) is 6.55. The molecule has 0 saturated carbocycles. The van der Waals surface area contributed by atoms with Crippen molar-refractivity contribution in [3.05, 3.63) is 72.3 Å². The molecule has 0 fully saturated rings. The van der Waals surface area contributed by atoms with Crippen molar-refractivity contribution in [1.82, 2.24) is 8.96 Å². The molecule has 3 heterocycles. The second-order valence-corrected chi connectivity index (χ2v) is 8.04. The molecule has 0 N–H and O–H groups in total. The molecule has 0 unspecified atom stereocenters. The Morgan fingerprint density at radius 1 is 1.15 bits per heavy atom. The zero-order valence-corrected chi connectivity index (χ0v) is 15.4. The van der Waals surface area contributed by atoms with Gasteiger partial charge in [-0.3, -0.25) is 9.78 Å². The molecule has 4 rings (SSSR count). The Morgan fingerprint density at radius 2 is 1.93 bits per heavy atom. The van der Waals surface area contributed by atoms with Crippen molar-refractivity contribution in [3.8, 4) is 5.75 Å². The summed E-state index contributed by atoms with van der Waals surface area (Å²) in [6.07, 6.45) is 5.87. The van der Waals surface area contributed by atoms with Crippen LogP contribution in [0.1, 0.15) is 15.9 Å². The van der Waals surface area contributed by atoms with E-state index < -0.39 is 10.0 Å². The van der Waals surface area contributed by atoms with Crippen LogP contribution in [0.25, 0.3) is 0 Å². The van der Waals surface area contributed by atoms with Crippen molar-refractivity contribution in [2.75, 3.05) is 18.1 Å². The molecule has 0 bridgehead atoms. The lowest BCUT2D eigenvalue weighted by Gasteiger charge is -2.28. The van der Waals surface area contributed by atoms with E-state index in [0.29, 0.717) is 24.6 Å². The Balaban J connectivity index is 1.65. The zero-order chi connectivity index (χ0) is 19.0. The summed E-state index contributed by atoms with van der Waals surface area (Å²) < 4.78 is 32.1. The standard InChI is InChI=1S/C19H17N3O4S/c1-14-2-4-16(5-3-14)27(24,25)21-9-7-15(13-21)19(23)22-10-11-26-18-6-8-20-12-17(18)22/h2-9,12-13H,10-11H2,1H3. The largest absolute Gasteiger partial charge is 0.489 e. The number of hydrogen-bond acceptors (Lipinski definition) is 5. The molecule has 0 aliphatic carbocycles. The van der Waals surface area contributed by atoms with Crippen LogP contribution in [0.15, 0.2) is 66.1 Å². The number of rotatable bonds is 3. The maximum atomic E-state index is 12.9. The first-order valence-electron chi connectivity index (χ1n) is 8.36. The van der Waals surface area contributed by atoms with E-state index in [1.54, 1.807) is 47.6 Å². The molecule has 0 spiro atoms. The molecule has 1 aromatic carbocycles. The Labute approximate surface area is 156 Å². The minimum Gasteiger partial charge on any atom is -0.489 e. The van der Waals surface area contributed by atoms with E-state index in [2.05, 4.69) is 4.98 Å². The maximum absolute atomic E-state index is 12.9. The molecule has 0 radical (unpaired) electrons. The van der Waals surface area contributed by atoms with Crippen LogP contribution in [0.3, 0.4) is 0 Å². The lowest BCUT2D eigenvalue weighted by molar-refractivity contribution is 0.0976. The third-order valence-corrected chi connectivity index (χ3v) is 6.03. The van der Waals surface area contributed by atoms with Gasteiger partial charge in [0.1, 0.15) is 18.0 Å². The van der Waals surface area contributed by atoms with Crippen LogP contribution >= 0.6 is 0 Å². The summed E-state index contributed by atoms with van der Waals surface area (Å²) in [5.41, 5.74) is 1.82. The molecule has 27 heavy (non-hydrogen) atoms. The van der Waals surface area contributed by atoms with E-state index in [4.69, 9.17) is 4.74 Å². The first-order valence-corrected chi connectivity index (χ1v) is 9.80. The normalized spacial score (nSPS) is 13.7. The highest BCUT2D eigenvalue weighted by molar-refractivity contribution is 7.90. The summed E-state index contributed by atoms with van der Waals surface area (Å²) in [6.45, 7) is 2.62. The number of benzene rings is 1. The lowest BCUT2D eigenvalue weighted by Crippen LogP contribution is -2.37. The average Bonchev–Trinajstić information content (AvgIpc) is 3.18. The number of ether oxygens (including phenoxy) is 1. The van der Waals surface area contributed by atoms with Gasteiger partial charge in [-0.15, -0.1) is 0 Å². The molecule has 1 aliphatic rings. The number of aromatic nitrogens is 2. The van der Waals surface area contributed by atoms with Gasteiger partial charge in [0.05, 0.1) is 23.2 Å². The first-order chi connectivity index (χ1) is 13.0. The van der Waals surface area contributed by atoms with Gasteiger partial charge in [-0.05, 0) is 25.1 Å². The van der Waals surface area contributed by atoms with Crippen LogP contribution in [0.2, 0.25) is 0 Å². The monoisotopic (exact) mass is 383 g/mol. The summed E-state index contributed by atoms with van der Waals surface area (Å²) in [4.78, 5) is 18.7. The number of pyridine rings is 1. The van der Waals surface area contributed by atoms with Gasteiger partial charge >= 0.3 is 0 Å². The highest BCUT2D eigenvalue weighted by Crippen LogP contribution is 2.31. The molecule has 8 heteroatoms. The number of hydrogen-bond donors (Lipinski definition) is 0. The smallest absolute Gasteiger partial charge is 0.267 e. The lowest BCUT2D eigenvalue weighted by atomic mass is 10.2. The number of carbonyl (C=O) groups is 1. The van der Waals surface area contributed by atoms with Crippen molar-refractivity contribution < 1.29 is 17.9 Å². The molecule has 2 aromatic heterocycles. The van der Waals surface area contributed by atoms with Gasteiger partial charge in [-0.25, -0.2) is 12.4 Å². The van der Waals surface area contributed by atoms with Gasteiger partial charge in [-0.2, -0.15) is 0 Å². The molecule has 7 nitrogen and oxygen atoms in total. The van der Waals surface area contributed by atoms with Crippen LogP contribution in [0, 0.1) is 6.92 Å². The third kappa shape index (κ3) is 3.08. The van der Waals surface area contributed by atoms with Gasteiger partial charge < -0.3 is 9.64 Å². The molecule has 3 aromatic rings. The predicted octanol–water partition coefficient (Wildman–Crippen LogP) is 2.47. The van der Waals surface area contributed by atoms with Crippen LogP contribution in [-0.2, 0) is 10.0 Å². The third-order valence-electron chi connectivity index (χ3n) is 4.38. The Bertz CT molecular complexity index is 1100. The van der Waals surface area contributed by atoms with Gasteiger partial charge in [0, 0.05) is 24.7 Å². The van der Waals surface area contributed by atoms with Crippen LogP contribution < -0.4 is 9.64 Å². The number of amides is 1. The number of fused-ring (bicyclic) bond motifs is 1. The summed E-state index contributed by atoms with van der Waals surface area (Å²) in [5.74, 6) is 0.279. The van der Waals surface area contributed by atoms with E-state index in [1.165, 1.54) is 18.5 Å². The van der Waals surface area contributed by atoms with E-state index in [9.17, 15) is 13.2 Å². The Morgan fingerprint density at radius 3 is 2.70 bits per heavy atom. The van der Waals surface area contributed by atoms with Gasteiger partial charge in [0.15, 0.2) is 0 Å². The Kier molecular flexibility index (Phi) is 4.19. The zero-order valence-electron chi connectivity index (χ0n) is 14.6. The number of aryl methyl sites for hydroxylation is 1. The Hall–Kier alpha value is -3.13. The highest BCUT2D eigenvalue weighted by Gasteiger charge is 2.26. The van der Waals surface area contributed by atoms with Crippen LogP contribution in [0.5, 0.6) is 5.75 Å². The quantitative estimate of drug-likeness (QED) is 0.694. The SMILES string of the molecule is Cc1ccc(S(=O)(=O)n2ccc(C(=O)N3CCOc4ccncc43)c2)cc1. The molecular formula is C19H17N3O4S. The van der Waals surface area contributed by atoms with Crippen molar-refractivity contribution in [3.63, 3.8) is 0 Å². The van der Waals surface area contributed by atoms with E-state index in [1.807, 2.05) is 6.92 Å². The molecule has 1 aliphatic heterocycles. The van der Waals surface area contributed by atoms with Crippen molar-refractivity contribution in [2.24, 2.45) is 0 Å². The summed E-state index contributed by atoms with van der Waals surface area (Å²) in [6, 6.07) is 9.77. The van der Waals surface area contributed by atoms with Crippen molar-refractivity contribution in [2.45, 2.75) is 11.8 Å². The maximum Gasteiger partial charge on any atom is 0.267 e. The number of carbonyl (C=O) groups excluding carboxylic acids is 1. The molecule has 0 saturated heterocycles. The van der Waals surface area contributed by atoms with Gasteiger partial charge in [0.25, 0.3) is 15.9 Å². The predicted molar refractivity (Wildman–Crippen MR) is 99.6 cm³/mol. The van der Waals surface area contributed by atoms with Gasteiger partial charge in [-0.1, -0.05) is 17.7 Å². The molecule has 1 amide bonds. The molecule has 138 valence electrons. The first kappa shape index (κ1) is 17.3. The van der Waals surface area contributed by atoms with E-state index >= 15 is 0 Å². The van der Waals surface area contributed by atoms with E-state index in [0.717, 1.165) is 9.54 Å². The van der Waals surface area contributed by atoms with E-state index in [-0.39, 0.29) is 16.4 Å². The number of nitrogens with zero attached hydrogens (tertiary/aromatic N) is 3. The fourth-order valence-corrected chi connectivity index (χ4v) is 4.11. The summed E-state index contributed by atoms with van der Waals surface area (Å²) in [7, 11) is -3.75. The fourth-order valence-electron chi connectivity index (χ4n) is 2.92. The van der Waals surface area contributed by atoms with Crippen LogP contribution in [-0.4, -0.2) is 36.4 Å². The highest BCUT2D eigenvalue weighted by atomic mass is 32.2. The minimum absolute atomic E-state index is 0.170. The topological polar surface area (TPSA) is 81.5 Å². The molecular weight excluding hydrogens is 366 g/mol.